The number of piperazine rings is 1. The molecule has 1 aliphatic rings. The van der Waals surface area contributed by atoms with E-state index in [1.54, 1.807) is 12.3 Å². The number of nitrogens with one attached hydrogen (secondary N) is 3. The summed E-state index contributed by atoms with van der Waals surface area (Å²) in [6, 6.07) is 16.7. The molecule has 2 aromatic carbocycles. The Morgan fingerprint density at radius 1 is 1.00 bits per heavy atom. The predicted molar refractivity (Wildman–Crippen MR) is 146 cm³/mol. The number of para-hydroxylation sites is 1. The van der Waals surface area contributed by atoms with Gasteiger partial charge in [0.2, 0.25) is 0 Å². The summed E-state index contributed by atoms with van der Waals surface area (Å²) >= 11 is 0. The number of rotatable bonds is 5. The van der Waals surface area contributed by atoms with E-state index in [4.69, 9.17) is 0 Å². The van der Waals surface area contributed by atoms with Crippen molar-refractivity contribution in [2.45, 2.75) is 13.0 Å². The number of H-pyrrole nitrogens is 2. The zero-order valence-electron chi connectivity index (χ0n) is 20.8. The van der Waals surface area contributed by atoms with E-state index < -0.39 is 0 Å². The molecule has 4 heterocycles. The first-order valence-corrected chi connectivity index (χ1v) is 12.4. The third-order valence-corrected chi connectivity index (χ3v) is 7.07. The van der Waals surface area contributed by atoms with Crippen LogP contribution in [0.25, 0.3) is 33.3 Å². The molecule has 1 fully saturated rings. The van der Waals surface area contributed by atoms with E-state index in [9.17, 15) is 4.79 Å². The molecule has 1 atom stereocenters. The normalized spacial score (nSPS) is 15.4. The molecule has 0 bridgehead atoms. The maximum atomic E-state index is 15.7. The highest BCUT2D eigenvalue weighted by Crippen LogP contribution is 2.34. The molecule has 1 aliphatic heterocycles. The molecule has 0 aliphatic carbocycles. The van der Waals surface area contributed by atoms with Crippen LogP contribution in [0.5, 0.6) is 0 Å². The number of pyridine rings is 2. The van der Waals surface area contributed by atoms with Crippen molar-refractivity contribution in [1.82, 2.24) is 24.8 Å². The summed E-state index contributed by atoms with van der Waals surface area (Å²) in [6.07, 6.45) is 1.74. The number of likely N-dealkylation sites (N-methyl/N-ethyl adjacent to an activating group) is 1. The first-order chi connectivity index (χ1) is 18.0. The van der Waals surface area contributed by atoms with Crippen LogP contribution in [0.1, 0.15) is 18.7 Å². The largest absolute Gasteiger partial charge is 0.376 e. The minimum absolute atomic E-state index is 0.185. The Balaban J connectivity index is 1.48. The Morgan fingerprint density at radius 3 is 2.57 bits per heavy atom. The summed E-state index contributed by atoms with van der Waals surface area (Å²) in [5.74, 6) is -0.0402. The first-order valence-electron chi connectivity index (χ1n) is 12.4. The van der Waals surface area contributed by atoms with E-state index in [1.165, 1.54) is 0 Å². The van der Waals surface area contributed by atoms with Gasteiger partial charge in [-0.3, -0.25) is 9.78 Å². The van der Waals surface area contributed by atoms with Gasteiger partial charge >= 0.3 is 0 Å². The number of fused-ring (bicyclic) bond motifs is 2. The van der Waals surface area contributed by atoms with Crippen LogP contribution in [-0.4, -0.2) is 58.1 Å². The molecular formula is C28H28FN7O. The molecule has 0 amide bonds. The second kappa shape index (κ2) is 9.33. The molecule has 0 radical (unpaired) electrons. The van der Waals surface area contributed by atoms with Crippen molar-refractivity contribution in [3.8, 4) is 11.4 Å². The third kappa shape index (κ3) is 4.21. The standard InChI is InChI=1S/C28H28FN7O/c1-17(19-8-5-6-12-30-19)31-25-18-7-3-4-9-20(18)33-28(37)23(25)27-32-21-10-11-22(24(29)26(21)34-27)36-15-13-35(2)14-16-36/h3-12,17H,13-16H2,1-2H3,(H,32,34)(H2,31,33,37)/t17-/m1/s1. The Bertz CT molecular complexity index is 1640. The fourth-order valence-corrected chi connectivity index (χ4v) is 4.99. The van der Waals surface area contributed by atoms with Gasteiger partial charge in [0, 0.05) is 37.8 Å². The van der Waals surface area contributed by atoms with Gasteiger partial charge in [0.1, 0.15) is 16.9 Å². The zero-order chi connectivity index (χ0) is 25.5. The molecule has 5 aromatic rings. The van der Waals surface area contributed by atoms with E-state index in [-0.39, 0.29) is 17.4 Å². The predicted octanol–water partition coefficient (Wildman–Crippen LogP) is 4.53. The number of hydrogen-bond acceptors (Lipinski definition) is 6. The summed E-state index contributed by atoms with van der Waals surface area (Å²) in [5.41, 5.74) is 3.49. The van der Waals surface area contributed by atoms with Crippen molar-refractivity contribution in [2.75, 3.05) is 43.4 Å². The number of hydrogen-bond donors (Lipinski definition) is 3. The van der Waals surface area contributed by atoms with Gasteiger partial charge in [-0.1, -0.05) is 24.3 Å². The lowest BCUT2D eigenvalue weighted by Gasteiger charge is -2.34. The third-order valence-electron chi connectivity index (χ3n) is 7.07. The van der Waals surface area contributed by atoms with Gasteiger partial charge < -0.3 is 25.1 Å². The zero-order valence-corrected chi connectivity index (χ0v) is 20.8. The molecule has 9 heteroatoms. The fourth-order valence-electron chi connectivity index (χ4n) is 4.99. The van der Waals surface area contributed by atoms with E-state index in [2.05, 4.69) is 42.1 Å². The summed E-state index contributed by atoms with van der Waals surface area (Å²) in [6.45, 7) is 5.25. The molecule has 3 N–H and O–H groups in total. The quantitative estimate of drug-likeness (QED) is 0.330. The second-order valence-corrected chi connectivity index (χ2v) is 9.54. The van der Waals surface area contributed by atoms with Crippen LogP contribution in [0.2, 0.25) is 0 Å². The highest BCUT2D eigenvalue weighted by molar-refractivity contribution is 5.99. The molecule has 0 saturated carbocycles. The lowest BCUT2D eigenvalue weighted by molar-refractivity contribution is 0.312. The second-order valence-electron chi connectivity index (χ2n) is 9.54. The van der Waals surface area contributed by atoms with Gasteiger partial charge in [0.25, 0.3) is 5.56 Å². The van der Waals surface area contributed by atoms with Crippen LogP contribution in [0, 0.1) is 5.82 Å². The number of imidazole rings is 1. The van der Waals surface area contributed by atoms with Gasteiger partial charge in [-0.2, -0.15) is 0 Å². The minimum atomic E-state index is -0.352. The van der Waals surface area contributed by atoms with Gasteiger partial charge in [-0.25, -0.2) is 9.37 Å². The number of halogens is 1. The van der Waals surface area contributed by atoms with Crippen molar-refractivity contribution >= 4 is 33.3 Å². The maximum Gasteiger partial charge on any atom is 0.261 e. The van der Waals surface area contributed by atoms with Crippen LogP contribution < -0.4 is 15.8 Å². The molecule has 3 aromatic heterocycles. The highest BCUT2D eigenvalue weighted by atomic mass is 19.1. The van der Waals surface area contributed by atoms with Crippen molar-refractivity contribution in [3.05, 3.63) is 82.7 Å². The summed E-state index contributed by atoms with van der Waals surface area (Å²) in [7, 11) is 2.07. The topological polar surface area (TPSA) is 92.9 Å². The SMILES string of the molecule is C[C@@H](Nc1c(-c2nc3ccc(N4CCN(C)CC4)c(F)c3[nH]2)c(=O)[nH]c2ccccc12)c1ccccn1. The molecule has 1 saturated heterocycles. The Labute approximate surface area is 213 Å². The van der Waals surface area contributed by atoms with Crippen molar-refractivity contribution in [1.29, 1.82) is 0 Å². The van der Waals surface area contributed by atoms with Crippen LogP contribution >= 0.6 is 0 Å². The average molecular weight is 498 g/mol. The lowest BCUT2D eigenvalue weighted by atomic mass is 10.1. The number of nitrogens with zero attached hydrogens (tertiary/aromatic N) is 4. The number of anilines is 2. The smallest absolute Gasteiger partial charge is 0.261 e. The Hall–Kier alpha value is -4.24. The first kappa shape index (κ1) is 23.2. The van der Waals surface area contributed by atoms with Gasteiger partial charge in [-0.15, -0.1) is 0 Å². The van der Waals surface area contributed by atoms with E-state index in [1.807, 2.05) is 55.5 Å². The summed E-state index contributed by atoms with van der Waals surface area (Å²) in [5, 5.41) is 4.32. The maximum absolute atomic E-state index is 15.7. The monoisotopic (exact) mass is 497 g/mol. The molecule has 8 nitrogen and oxygen atoms in total. The molecule has 37 heavy (non-hydrogen) atoms. The van der Waals surface area contributed by atoms with Crippen LogP contribution in [0.15, 0.2) is 65.6 Å². The molecule has 0 spiro atoms. The van der Waals surface area contributed by atoms with E-state index in [0.717, 1.165) is 37.3 Å². The van der Waals surface area contributed by atoms with Crippen molar-refractivity contribution in [3.63, 3.8) is 0 Å². The molecular weight excluding hydrogens is 469 g/mol. The molecule has 0 unspecified atom stereocenters. The van der Waals surface area contributed by atoms with Crippen LogP contribution in [-0.2, 0) is 0 Å². The minimum Gasteiger partial charge on any atom is -0.376 e. The average Bonchev–Trinajstić information content (AvgIpc) is 3.35. The Morgan fingerprint density at radius 2 is 1.78 bits per heavy atom. The van der Waals surface area contributed by atoms with Gasteiger partial charge in [0.05, 0.1) is 34.1 Å². The number of benzene rings is 2. The molecule has 6 rings (SSSR count). The van der Waals surface area contributed by atoms with Gasteiger partial charge in [-0.05, 0) is 44.3 Å². The Kier molecular flexibility index (Phi) is 5.84. The number of aromatic amines is 2. The van der Waals surface area contributed by atoms with E-state index in [0.29, 0.717) is 39.3 Å². The van der Waals surface area contributed by atoms with E-state index >= 15 is 4.39 Å². The lowest BCUT2D eigenvalue weighted by Crippen LogP contribution is -2.44. The molecule has 188 valence electrons. The van der Waals surface area contributed by atoms with Gasteiger partial charge in [0.15, 0.2) is 5.82 Å². The number of aromatic nitrogens is 4. The summed E-state index contributed by atoms with van der Waals surface area (Å²) < 4.78 is 15.7. The highest BCUT2D eigenvalue weighted by Gasteiger charge is 2.23. The van der Waals surface area contributed by atoms with Crippen molar-refractivity contribution < 1.29 is 4.39 Å². The fraction of sp³-hybridized carbons (Fsp3) is 0.250. The van der Waals surface area contributed by atoms with Crippen LogP contribution in [0.3, 0.4) is 0 Å². The van der Waals surface area contributed by atoms with Crippen molar-refractivity contribution in [2.24, 2.45) is 0 Å². The summed E-state index contributed by atoms with van der Waals surface area (Å²) in [4.78, 5) is 32.9. The van der Waals surface area contributed by atoms with Crippen LogP contribution in [0.4, 0.5) is 15.8 Å².